The lowest BCUT2D eigenvalue weighted by Crippen LogP contribution is -2.31. The maximum atomic E-state index is 13.9. The van der Waals surface area contributed by atoms with Crippen LogP contribution in [0.5, 0.6) is 5.75 Å². The Morgan fingerprint density at radius 1 is 1.29 bits per heavy atom. The van der Waals surface area contributed by atoms with Crippen molar-refractivity contribution in [3.8, 4) is 11.8 Å². The van der Waals surface area contributed by atoms with Crippen LogP contribution < -0.4 is 10.2 Å². The predicted molar refractivity (Wildman–Crippen MR) is 76.5 cm³/mol. The molecule has 21 heavy (non-hydrogen) atoms. The van der Waals surface area contributed by atoms with Gasteiger partial charge in [0.25, 0.3) is 0 Å². The Bertz CT molecular complexity index is 698. The number of nitrogens with zero attached hydrogens (tertiary/aromatic N) is 1. The number of hydrogen-bond acceptors (Lipinski definition) is 4. The fraction of sp³-hybridized carbons (Fsp3) is 0.133. The molecule has 0 saturated carbocycles. The van der Waals surface area contributed by atoms with Gasteiger partial charge in [0.15, 0.2) is 0 Å². The second-order valence-electron chi connectivity index (χ2n) is 4.57. The lowest BCUT2D eigenvalue weighted by Gasteiger charge is -2.10. The van der Waals surface area contributed by atoms with E-state index in [9.17, 15) is 4.39 Å². The Morgan fingerprint density at radius 2 is 2.05 bits per heavy atom. The molecule has 2 aromatic rings. The van der Waals surface area contributed by atoms with Gasteiger partial charge in [0, 0.05) is 5.56 Å². The van der Waals surface area contributed by atoms with Crippen LogP contribution in [0.15, 0.2) is 36.4 Å². The van der Waals surface area contributed by atoms with Crippen LogP contribution in [0.3, 0.4) is 0 Å². The minimum absolute atomic E-state index is 0.0121. The lowest BCUT2D eigenvalue weighted by molar-refractivity contribution is 0.299. The van der Waals surface area contributed by atoms with E-state index in [-0.39, 0.29) is 17.7 Å². The highest BCUT2D eigenvalue weighted by atomic mass is 19.1. The van der Waals surface area contributed by atoms with Gasteiger partial charge in [-0.05, 0) is 36.1 Å². The van der Waals surface area contributed by atoms with Crippen molar-refractivity contribution in [3.05, 3.63) is 58.9 Å². The highest BCUT2D eigenvalue weighted by Gasteiger charge is 2.14. The van der Waals surface area contributed by atoms with Gasteiger partial charge in [-0.15, -0.1) is 0 Å². The summed E-state index contributed by atoms with van der Waals surface area (Å²) in [6.07, 6.45) is 0. The highest BCUT2D eigenvalue weighted by molar-refractivity contribution is 6.59. The zero-order valence-corrected chi connectivity index (χ0v) is 11.4. The van der Waals surface area contributed by atoms with Gasteiger partial charge in [-0.1, -0.05) is 18.2 Å². The first-order chi connectivity index (χ1) is 10.0. The molecule has 0 aliphatic rings. The molecule has 0 fully saturated rings. The molecule has 2 rings (SSSR count). The van der Waals surface area contributed by atoms with Crippen LogP contribution in [0.25, 0.3) is 0 Å². The largest absolute Gasteiger partial charge is 0.489 e. The van der Waals surface area contributed by atoms with E-state index in [1.54, 1.807) is 37.3 Å². The summed E-state index contributed by atoms with van der Waals surface area (Å²) in [5.74, 6) is -0.0993. The maximum absolute atomic E-state index is 13.9. The molecule has 4 nitrogen and oxygen atoms in total. The number of benzene rings is 2. The third kappa shape index (κ3) is 3.40. The lowest BCUT2D eigenvalue weighted by atomic mass is 9.77. The third-order valence-corrected chi connectivity index (χ3v) is 3.11. The van der Waals surface area contributed by atoms with Gasteiger partial charge in [-0.2, -0.15) is 5.26 Å². The number of aryl methyl sites for hydroxylation is 1. The van der Waals surface area contributed by atoms with E-state index < -0.39 is 12.9 Å². The minimum Gasteiger partial charge on any atom is -0.489 e. The summed E-state index contributed by atoms with van der Waals surface area (Å²) in [5.41, 5.74) is 1.32. The molecule has 0 saturated heterocycles. The molecular formula is C15H13BFNO3. The Morgan fingerprint density at radius 3 is 2.67 bits per heavy atom. The van der Waals surface area contributed by atoms with Crippen LogP contribution in [0.1, 0.15) is 16.7 Å². The van der Waals surface area contributed by atoms with Crippen molar-refractivity contribution in [2.75, 3.05) is 0 Å². The standard InChI is InChI=1S/C15H13BFNO3/c1-10-7-13(5-6-14(10)16(19)20)21-9-12-4-2-3-11(8-18)15(12)17/h2-7,19-20H,9H2,1H3. The normalized spacial score (nSPS) is 10.0. The summed E-state index contributed by atoms with van der Waals surface area (Å²) >= 11 is 0. The minimum atomic E-state index is -1.54. The van der Waals surface area contributed by atoms with Crippen molar-refractivity contribution in [1.82, 2.24) is 0 Å². The first kappa shape index (κ1) is 15.0. The average Bonchev–Trinajstić information content (AvgIpc) is 2.46. The molecular weight excluding hydrogens is 272 g/mol. The van der Waals surface area contributed by atoms with Crippen molar-refractivity contribution in [2.24, 2.45) is 0 Å². The summed E-state index contributed by atoms with van der Waals surface area (Å²) in [4.78, 5) is 0. The summed E-state index contributed by atoms with van der Waals surface area (Å²) < 4.78 is 19.3. The molecule has 0 atom stereocenters. The maximum Gasteiger partial charge on any atom is 0.488 e. The van der Waals surface area contributed by atoms with E-state index in [0.29, 0.717) is 16.8 Å². The monoisotopic (exact) mass is 285 g/mol. The van der Waals surface area contributed by atoms with Gasteiger partial charge in [-0.25, -0.2) is 4.39 Å². The summed E-state index contributed by atoms with van der Waals surface area (Å²) in [6, 6.07) is 11.1. The van der Waals surface area contributed by atoms with Gasteiger partial charge in [0.1, 0.15) is 24.2 Å². The molecule has 0 bridgehead atoms. The summed E-state index contributed by atoms with van der Waals surface area (Å²) in [6.45, 7) is 1.71. The zero-order valence-electron chi connectivity index (χ0n) is 11.4. The van der Waals surface area contributed by atoms with Crippen LogP contribution in [0.2, 0.25) is 0 Å². The van der Waals surface area contributed by atoms with Crippen molar-refractivity contribution in [3.63, 3.8) is 0 Å². The quantitative estimate of drug-likeness (QED) is 0.829. The van der Waals surface area contributed by atoms with E-state index in [4.69, 9.17) is 20.0 Å². The molecule has 2 aromatic carbocycles. The van der Waals surface area contributed by atoms with E-state index in [0.717, 1.165) is 0 Å². The first-order valence-corrected chi connectivity index (χ1v) is 6.30. The smallest absolute Gasteiger partial charge is 0.488 e. The third-order valence-electron chi connectivity index (χ3n) is 3.11. The first-order valence-electron chi connectivity index (χ1n) is 6.30. The molecule has 0 unspecified atom stereocenters. The predicted octanol–water partition coefficient (Wildman–Crippen LogP) is 1.26. The van der Waals surface area contributed by atoms with Crippen molar-refractivity contribution in [2.45, 2.75) is 13.5 Å². The molecule has 0 amide bonds. The van der Waals surface area contributed by atoms with Crippen LogP contribution in [-0.2, 0) is 6.61 Å². The van der Waals surface area contributed by atoms with Gasteiger partial charge >= 0.3 is 7.12 Å². The van der Waals surface area contributed by atoms with Crippen LogP contribution in [0, 0.1) is 24.1 Å². The second-order valence-corrected chi connectivity index (χ2v) is 4.57. The molecule has 0 radical (unpaired) electrons. The Balaban J connectivity index is 2.14. The topological polar surface area (TPSA) is 73.5 Å². The van der Waals surface area contributed by atoms with E-state index in [2.05, 4.69) is 0 Å². The number of hydrogen-bond donors (Lipinski definition) is 2. The van der Waals surface area contributed by atoms with Gasteiger partial charge in [-0.3, -0.25) is 0 Å². The van der Waals surface area contributed by atoms with Crippen molar-refractivity contribution < 1.29 is 19.2 Å². The number of halogens is 1. The number of rotatable bonds is 4. The Hall–Kier alpha value is -2.36. The zero-order chi connectivity index (χ0) is 15.4. The SMILES string of the molecule is Cc1cc(OCc2cccc(C#N)c2F)ccc1B(O)O. The van der Waals surface area contributed by atoms with Crippen molar-refractivity contribution >= 4 is 12.6 Å². The fourth-order valence-electron chi connectivity index (χ4n) is 1.97. The van der Waals surface area contributed by atoms with Gasteiger partial charge in [0.05, 0.1) is 5.56 Å². The van der Waals surface area contributed by atoms with Crippen LogP contribution in [-0.4, -0.2) is 17.2 Å². The highest BCUT2D eigenvalue weighted by Crippen LogP contribution is 2.17. The second kappa shape index (κ2) is 6.40. The van der Waals surface area contributed by atoms with E-state index in [1.807, 2.05) is 0 Å². The van der Waals surface area contributed by atoms with Gasteiger partial charge < -0.3 is 14.8 Å². The number of nitriles is 1. The molecule has 0 aliphatic carbocycles. The molecule has 0 aliphatic heterocycles. The summed E-state index contributed by atoms with van der Waals surface area (Å²) in [5, 5.41) is 27.0. The van der Waals surface area contributed by atoms with Crippen LogP contribution >= 0.6 is 0 Å². The molecule has 6 heteroatoms. The average molecular weight is 285 g/mol. The molecule has 0 heterocycles. The van der Waals surface area contributed by atoms with E-state index >= 15 is 0 Å². The number of ether oxygens (including phenoxy) is 1. The van der Waals surface area contributed by atoms with E-state index in [1.165, 1.54) is 12.1 Å². The van der Waals surface area contributed by atoms with Crippen molar-refractivity contribution in [1.29, 1.82) is 5.26 Å². The fourth-order valence-corrected chi connectivity index (χ4v) is 1.97. The van der Waals surface area contributed by atoms with Gasteiger partial charge in [0.2, 0.25) is 0 Å². The van der Waals surface area contributed by atoms with Crippen LogP contribution in [0.4, 0.5) is 4.39 Å². The molecule has 106 valence electrons. The molecule has 0 spiro atoms. The Labute approximate surface area is 122 Å². The Kier molecular flexibility index (Phi) is 4.58. The molecule has 0 aromatic heterocycles. The molecule has 2 N–H and O–H groups in total. The summed E-state index contributed by atoms with van der Waals surface area (Å²) in [7, 11) is -1.54.